The number of ether oxygens (including phenoxy) is 1. The van der Waals surface area contributed by atoms with Gasteiger partial charge in [0, 0.05) is 6.92 Å². The highest BCUT2D eigenvalue weighted by Gasteiger charge is 2.60. The Kier molecular flexibility index (Phi) is 7.63. The fourth-order valence-corrected chi connectivity index (χ4v) is 10.2. The van der Waals surface area contributed by atoms with Gasteiger partial charge >= 0.3 is 5.97 Å². The lowest BCUT2D eigenvalue weighted by atomic mass is 9.44. The summed E-state index contributed by atoms with van der Waals surface area (Å²) in [5.74, 6) is 7.06. The number of hydrogen-bond donors (Lipinski definition) is 0. The molecule has 4 aliphatic rings. The summed E-state index contributed by atoms with van der Waals surface area (Å²) in [7, 11) is 0. The number of hydrogen-bond acceptors (Lipinski definition) is 2. The van der Waals surface area contributed by atoms with Crippen molar-refractivity contribution in [3.63, 3.8) is 0 Å². The van der Waals surface area contributed by atoms with Crippen LogP contribution in [0.1, 0.15) is 126 Å². The van der Waals surface area contributed by atoms with Crippen LogP contribution in [0.4, 0.5) is 0 Å². The first-order valence-corrected chi connectivity index (χ1v) is 14.8. The van der Waals surface area contributed by atoms with E-state index < -0.39 is 0 Å². The molecule has 0 amide bonds. The lowest BCUT2D eigenvalue weighted by Gasteiger charge is -2.61. The zero-order valence-electron chi connectivity index (χ0n) is 23.0. The molecule has 0 N–H and O–H groups in total. The number of rotatable bonds is 7. The van der Waals surface area contributed by atoms with Gasteiger partial charge in [-0.15, -0.1) is 0 Å². The van der Waals surface area contributed by atoms with Gasteiger partial charge in [-0.1, -0.05) is 54.4 Å². The number of carbonyl (C=O) groups excluding carboxylic acids is 1. The van der Waals surface area contributed by atoms with E-state index in [1.165, 1.54) is 64.2 Å². The van der Waals surface area contributed by atoms with Crippen LogP contribution >= 0.6 is 0 Å². The minimum atomic E-state index is -0.0875. The van der Waals surface area contributed by atoms with Crippen molar-refractivity contribution in [1.29, 1.82) is 0 Å². The quantitative estimate of drug-likeness (QED) is 0.357. The van der Waals surface area contributed by atoms with E-state index in [1.807, 2.05) is 0 Å². The minimum Gasteiger partial charge on any atom is -0.463 e. The van der Waals surface area contributed by atoms with Crippen LogP contribution in [0.3, 0.4) is 0 Å². The molecule has 0 aromatic carbocycles. The average Bonchev–Trinajstić information content (AvgIpc) is 3.11. The molecule has 4 saturated carbocycles. The van der Waals surface area contributed by atoms with E-state index in [0.717, 1.165) is 60.2 Å². The van der Waals surface area contributed by atoms with Gasteiger partial charge in [-0.25, -0.2) is 0 Å². The summed E-state index contributed by atoms with van der Waals surface area (Å²) in [6, 6.07) is 0. The van der Waals surface area contributed by atoms with Gasteiger partial charge in [-0.05, 0) is 122 Å². The zero-order valence-corrected chi connectivity index (χ0v) is 23.0. The molecule has 33 heavy (non-hydrogen) atoms. The highest BCUT2D eigenvalue weighted by molar-refractivity contribution is 5.66. The van der Waals surface area contributed by atoms with Crippen LogP contribution in [0, 0.1) is 58.2 Å². The average molecular weight is 459 g/mol. The molecule has 0 aliphatic heterocycles. The van der Waals surface area contributed by atoms with E-state index in [2.05, 4.69) is 41.5 Å². The first kappa shape index (κ1) is 25.6. The van der Waals surface area contributed by atoms with Crippen molar-refractivity contribution in [2.24, 2.45) is 58.2 Å². The Bertz CT molecular complexity index is 684. The van der Waals surface area contributed by atoms with Crippen molar-refractivity contribution < 1.29 is 9.53 Å². The van der Waals surface area contributed by atoms with Gasteiger partial charge in [0.15, 0.2) is 0 Å². The topological polar surface area (TPSA) is 26.3 Å². The van der Waals surface area contributed by atoms with Crippen molar-refractivity contribution in [2.75, 3.05) is 0 Å². The van der Waals surface area contributed by atoms with Gasteiger partial charge in [0.2, 0.25) is 0 Å². The standard InChI is InChI=1S/C31H54O2/c1-8-23(20(2)3)10-9-21(4)27-13-14-28-26-12-11-24-19-25(33-22(5)32)15-17-30(24,6)29(26)16-18-31(27,28)7/h20-21,23-29H,8-19H2,1-7H3/t21-,23+,24+,25-,26+,27+,28-,29+,30+,31+/m1/s1. The maximum atomic E-state index is 11.5. The van der Waals surface area contributed by atoms with E-state index in [1.54, 1.807) is 6.92 Å². The largest absolute Gasteiger partial charge is 0.463 e. The van der Waals surface area contributed by atoms with Gasteiger partial charge in [0.1, 0.15) is 6.10 Å². The Morgan fingerprint density at radius 3 is 2.27 bits per heavy atom. The summed E-state index contributed by atoms with van der Waals surface area (Å²) in [4.78, 5) is 11.5. The molecule has 190 valence electrons. The van der Waals surface area contributed by atoms with Crippen LogP contribution < -0.4 is 0 Å². The van der Waals surface area contributed by atoms with Crippen molar-refractivity contribution in [3.05, 3.63) is 0 Å². The Balaban J connectivity index is 1.42. The van der Waals surface area contributed by atoms with Crippen LogP contribution in [0.15, 0.2) is 0 Å². The monoisotopic (exact) mass is 458 g/mol. The highest BCUT2D eigenvalue weighted by atomic mass is 16.5. The second-order valence-corrected chi connectivity index (χ2v) is 13.9. The molecule has 4 fully saturated rings. The molecule has 0 aromatic heterocycles. The third kappa shape index (κ3) is 4.67. The Hall–Kier alpha value is -0.530. The second kappa shape index (κ2) is 9.85. The minimum absolute atomic E-state index is 0.0875. The Morgan fingerprint density at radius 1 is 0.909 bits per heavy atom. The Labute approximate surface area is 205 Å². The smallest absolute Gasteiger partial charge is 0.302 e. The summed E-state index contributed by atoms with van der Waals surface area (Å²) < 4.78 is 5.67. The lowest BCUT2D eigenvalue weighted by molar-refractivity contribution is -0.160. The highest BCUT2D eigenvalue weighted by Crippen LogP contribution is 2.68. The van der Waals surface area contributed by atoms with Gasteiger partial charge in [-0.3, -0.25) is 4.79 Å². The molecule has 0 unspecified atom stereocenters. The van der Waals surface area contributed by atoms with E-state index >= 15 is 0 Å². The summed E-state index contributed by atoms with van der Waals surface area (Å²) in [5.41, 5.74) is 1.06. The summed E-state index contributed by atoms with van der Waals surface area (Å²) >= 11 is 0. The SMILES string of the molecule is CC[C@@H](CC[C@@H](C)[C@@H]1CC[C@@H]2[C@@H]3CC[C@H]4C[C@H](OC(C)=O)CC[C@]4(C)[C@H]3CC[C@]21C)C(C)C. The molecule has 0 bridgehead atoms. The molecule has 2 heteroatoms. The molecule has 2 nitrogen and oxygen atoms in total. The normalized spacial score (nSPS) is 44.5. The van der Waals surface area contributed by atoms with Gasteiger partial charge in [-0.2, -0.15) is 0 Å². The van der Waals surface area contributed by atoms with Crippen LogP contribution in [-0.2, 0) is 9.53 Å². The van der Waals surface area contributed by atoms with Crippen LogP contribution in [0.2, 0.25) is 0 Å². The summed E-state index contributed by atoms with van der Waals surface area (Å²) in [6.45, 7) is 16.8. The van der Waals surface area contributed by atoms with Crippen LogP contribution in [0.5, 0.6) is 0 Å². The zero-order chi connectivity index (χ0) is 24.0. The van der Waals surface area contributed by atoms with Gasteiger partial charge < -0.3 is 4.74 Å². The third-order valence-electron chi connectivity index (χ3n) is 12.2. The molecule has 0 radical (unpaired) electrons. The predicted octanol–water partition coefficient (Wildman–Crippen LogP) is 8.68. The molecule has 4 aliphatic carbocycles. The molecule has 0 aromatic rings. The molecule has 0 saturated heterocycles. The number of fused-ring (bicyclic) bond motifs is 5. The van der Waals surface area contributed by atoms with Gasteiger partial charge in [0.05, 0.1) is 0 Å². The molecule has 10 atom stereocenters. The van der Waals surface area contributed by atoms with Crippen molar-refractivity contribution in [3.8, 4) is 0 Å². The summed E-state index contributed by atoms with van der Waals surface area (Å²) in [5, 5.41) is 0. The van der Waals surface area contributed by atoms with E-state index in [9.17, 15) is 4.79 Å². The number of esters is 1. The van der Waals surface area contributed by atoms with Crippen molar-refractivity contribution in [1.82, 2.24) is 0 Å². The van der Waals surface area contributed by atoms with E-state index in [4.69, 9.17) is 4.74 Å². The third-order valence-corrected chi connectivity index (χ3v) is 12.2. The lowest BCUT2D eigenvalue weighted by Crippen LogP contribution is -2.54. The van der Waals surface area contributed by atoms with E-state index in [0.29, 0.717) is 10.8 Å². The van der Waals surface area contributed by atoms with E-state index in [-0.39, 0.29) is 12.1 Å². The van der Waals surface area contributed by atoms with Crippen LogP contribution in [-0.4, -0.2) is 12.1 Å². The maximum absolute atomic E-state index is 11.5. The predicted molar refractivity (Wildman–Crippen MR) is 138 cm³/mol. The van der Waals surface area contributed by atoms with Crippen molar-refractivity contribution in [2.45, 2.75) is 132 Å². The van der Waals surface area contributed by atoms with Crippen molar-refractivity contribution >= 4 is 5.97 Å². The summed E-state index contributed by atoms with van der Waals surface area (Å²) in [6.07, 6.45) is 16.6. The fourth-order valence-electron chi connectivity index (χ4n) is 10.2. The first-order valence-electron chi connectivity index (χ1n) is 14.8. The molecular formula is C31H54O2. The molecule has 0 heterocycles. The fraction of sp³-hybridized carbons (Fsp3) is 0.968. The maximum Gasteiger partial charge on any atom is 0.302 e. The van der Waals surface area contributed by atoms with Crippen LogP contribution in [0.25, 0.3) is 0 Å². The molecular weight excluding hydrogens is 404 g/mol. The molecule has 0 spiro atoms. The Morgan fingerprint density at radius 2 is 1.61 bits per heavy atom. The van der Waals surface area contributed by atoms with Gasteiger partial charge in [0.25, 0.3) is 0 Å². The molecule has 4 rings (SSSR count). The number of carbonyl (C=O) groups is 1. The first-order chi connectivity index (χ1) is 15.6. The second-order valence-electron chi connectivity index (χ2n) is 13.9.